The number of aliphatic hydroxyl groups is 1. The fourth-order valence-corrected chi connectivity index (χ4v) is 2.83. The molecule has 1 aliphatic carbocycles. The van der Waals surface area contributed by atoms with Gasteiger partial charge in [0.25, 0.3) is 0 Å². The third-order valence-corrected chi connectivity index (χ3v) is 4.35. The zero-order valence-corrected chi connectivity index (χ0v) is 12.1. The zero-order valence-electron chi connectivity index (χ0n) is 12.1. The van der Waals surface area contributed by atoms with E-state index in [1.54, 1.807) is 4.90 Å². The minimum atomic E-state index is -0.0503. The molecule has 110 valence electrons. The average molecular weight is 269 g/mol. The maximum absolute atomic E-state index is 11.6. The minimum absolute atomic E-state index is 0.0503. The van der Waals surface area contributed by atoms with Crippen LogP contribution in [0, 0.1) is 5.92 Å². The Balaban J connectivity index is 1.58. The Labute approximate surface area is 115 Å². The number of carbonyl (C=O) groups excluding carboxylic acids is 1. The molecule has 0 unspecified atom stereocenters. The molecular formula is C14H27N3O2. The molecule has 1 amide bonds. The molecule has 0 aromatic carbocycles. The molecule has 0 spiro atoms. The van der Waals surface area contributed by atoms with E-state index in [0.717, 1.165) is 45.3 Å². The van der Waals surface area contributed by atoms with Gasteiger partial charge in [-0.25, -0.2) is 0 Å². The minimum Gasteiger partial charge on any atom is -0.393 e. The Morgan fingerprint density at radius 3 is 2.47 bits per heavy atom. The summed E-state index contributed by atoms with van der Waals surface area (Å²) >= 11 is 0. The van der Waals surface area contributed by atoms with Gasteiger partial charge in [-0.2, -0.15) is 0 Å². The van der Waals surface area contributed by atoms with E-state index in [2.05, 4.69) is 10.2 Å². The highest BCUT2D eigenvalue weighted by Crippen LogP contribution is 2.26. The largest absolute Gasteiger partial charge is 0.393 e. The molecular weight excluding hydrogens is 242 g/mol. The molecule has 2 rings (SSSR count). The highest BCUT2D eigenvalue weighted by atomic mass is 16.3. The smallest absolute Gasteiger partial charge is 0.236 e. The first-order valence-corrected chi connectivity index (χ1v) is 7.38. The molecule has 5 heteroatoms. The van der Waals surface area contributed by atoms with Gasteiger partial charge in [0.15, 0.2) is 0 Å². The van der Waals surface area contributed by atoms with Crippen molar-refractivity contribution in [3.05, 3.63) is 0 Å². The topological polar surface area (TPSA) is 55.8 Å². The van der Waals surface area contributed by atoms with E-state index >= 15 is 0 Å². The summed E-state index contributed by atoms with van der Waals surface area (Å²) in [5.41, 5.74) is 0. The molecule has 19 heavy (non-hydrogen) atoms. The average Bonchev–Trinajstić information content (AvgIpc) is 2.35. The van der Waals surface area contributed by atoms with Crippen molar-refractivity contribution < 1.29 is 9.90 Å². The number of aliphatic hydroxyl groups excluding tert-OH is 1. The molecule has 1 saturated carbocycles. The SMILES string of the molecule is CN(C)C(=O)CN1CCC(NCC2CC(O)C2)CC1. The van der Waals surface area contributed by atoms with Crippen molar-refractivity contribution >= 4 is 5.91 Å². The zero-order chi connectivity index (χ0) is 13.8. The van der Waals surface area contributed by atoms with Gasteiger partial charge in [-0.1, -0.05) is 0 Å². The number of hydrogen-bond donors (Lipinski definition) is 2. The summed E-state index contributed by atoms with van der Waals surface area (Å²) in [7, 11) is 3.62. The van der Waals surface area contributed by atoms with Gasteiger partial charge in [-0.15, -0.1) is 0 Å². The van der Waals surface area contributed by atoms with Crippen LogP contribution in [0.25, 0.3) is 0 Å². The maximum Gasteiger partial charge on any atom is 0.236 e. The summed E-state index contributed by atoms with van der Waals surface area (Å²) in [5, 5.41) is 12.9. The number of amides is 1. The second-order valence-electron chi connectivity index (χ2n) is 6.24. The van der Waals surface area contributed by atoms with Gasteiger partial charge in [-0.3, -0.25) is 9.69 Å². The third-order valence-electron chi connectivity index (χ3n) is 4.35. The van der Waals surface area contributed by atoms with Gasteiger partial charge in [0.1, 0.15) is 0 Å². The van der Waals surface area contributed by atoms with Crippen molar-refractivity contribution in [1.29, 1.82) is 0 Å². The lowest BCUT2D eigenvalue weighted by Crippen LogP contribution is -2.47. The first kappa shape index (κ1) is 14.8. The lowest BCUT2D eigenvalue weighted by Gasteiger charge is -2.36. The predicted molar refractivity (Wildman–Crippen MR) is 74.9 cm³/mol. The monoisotopic (exact) mass is 269 g/mol. The van der Waals surface area contributed by atoms with Crippen molar-refractivity contribution in [2.24, 2.45) is 5.92 Å². The quantitative estimate of drug-likeness (QED) is 0.732. The van der Waals surface area contributed by atoms with Crippen LogP contribution in [0.3, 0.4) is 0 Å². The van der Waals surface area contributed by atoms with Crippen LogP contribution in [0.4, 0.5) is 0 Å². The second kappa shape index (κ2) is 6.68. The Kier molecular flexibility index (Phi) is 5.19. The molecule has 2 fully saturated rings. The molecule has 0 radical (unpaired) electrons. The summed E-state index contributed by atoms with van der Waals surface area (Å²) < 4.78 is 0. The molecule has 2 N–H and O–H groups in total. The fraction of sp³-hybridized carbons (Fsp3) is 0.929. The van der Waals surface area contributed by atoms with Crippen LogP contribution >= 0.6 is 0 Å². The van der Waals surface area contributed by atoms with Gasteiger partial charge in [0.05, 0.1) is 12.6 Å². The van der Waals surface area contributed by atoms with Crippen LogP contribution in [0.1, 0.15) is 25.7 Å². The third kappa shape index (κ3) is 4.44. The van der Waals surface area contributed by atoms with E-state index in [4.69, 9.17) is 0 Å². The van der Waals surface area contributed by atoms with Crippen LogP contribution < -0.4 is 5.32 Å². The molecule has 1 aliphatic heterocycles. The first-order valence-electron chi connectivity index (χ1n) is 7.38. The molecule has 2 aliphatic rings. The number of piperidine rings is 1. The predicted octanol–water partition coefficient (Wildman–Crippen LogP) is -0.100. The van der Waals surface area contributed by atoms with E-state index in [9.17, 15) is 9.90 Å². The number of rotatable bonds is 5. The van der Waals surface area contributed by atoms with E-state index in [0.29, 0.717) is 18.5 Å². The Morgan fingerprint density at radius 1 is 1.32 bits per heavy atom. The fourth-order valence-electron chi connectivity index (χ4n) is 2.83. The number of carbonyl (C=O) groups is 1. The van der Waals surface area contributed by atoms with Crippen LogP contribution in [-0.2, 0) is 4.79 Å². The summed E-state index contributed by atoms with van der Waals surface area (Å²) in [6, 6.07) is 0.587. The summed E-state index contributed by atoms with van der Waals surface area (Å²) in [6.45, 7) is 3.60. The van der Waals surface area contributed by atoms with E-state index < -0.39 is 0 Å². The van der Waals surface area contributed by atoms with Crippen LogP contribution in [0.15, 0.2) is 0 Å². The van der Waals surface area contributed by atoms with Crippen LogP contribution in [0.2, 0.25) is 0 Å². The van der Waals surface area contributed by atoms with Gasteiger partial charge in [0, 0.05) is 33.2 Å². The first-order chi connectivity index (χ1) is 9.04. The van der Waals surface area contributed by atoms with Gasteiger partial charge >= 0.3 is 0 Å². The van der Waals surface area contributed by atoms with Crippen molar-refractivity contribution in [2.45, 2.75) is 37.8 Å². The number of likely N-dealkylation sites (tertiary alicyclic amines) is 1. The lowest BCUT2D eigenvalue weighted by atomic mass is 9.82. The highest BCUT2D eigenvalue weighted by molar-refractivity contribution is 5.77. The summed E-state index contributed by atoms with van der Waals surface area (Å²) in [6.07, 6.45) is 4.11. The van der Waals surface area contributed by atoms with Crippen molar-refractivity contribution in [1.82, 2.24) is 15.1 Å². The Hall–Kier alpha value is -0.650. The van der Waals surface area contributed by atoms with Crippen LogP contribution in [-0.4, -0.2) is 73.2 Å². The molecule has 0 atom stereocenters. The highest BCUT2D eigenvalue weighted by Gasteiger charge is 2.28. The summed E-state index contributed by atoms with van der Waals surface area (Å²) in [4.78, 5) is 15.5. The lowest BCUT2D eigenvalue weighted by molar-refractivity contribution is -0.130. The van der Waals surface area contributed by atoms with E-state index in [-0.39, 0.29) is 12.0 Å². The molecule has 1 saturated heterocycles. The number of hydrogen-bond acceptors (Lipinski definition) is 4. The molecule has 0 aromatic heterocycles. The van der Waals surface area contributed by atoms with Crippen molar-refractivity contribution in [2.75, 3.05) is 40.3 Å². The maximum atomic E-state index is 11.6. The molecule has 5 nitrogen and oxygen atoms in total. The Morgan fingerprint density at radius 2 is 1.95 bits per heavy atom. The van der Waals surface area contributed by atoms with Crippen LogP contribution in [0.5, 0.6) is 0 Å². The standard InChI is InChI=1S/C14H27N3O2/c1-16(2)14(19)10-17-5-3-12(4-6-17)15-9-11-7-13(18)8-11/h11-13,15,18H,3-10H2,1-2H3. The Bertz CT molecular complexity index is 295. The number of nitrogens with zero attached hydrogens (tertiary/aromatic N) is 2. The molecule has 0 aromatic rings. The molecule has 0 bridgehead atoms. The normalized spacial score (nSPS) is 29.0. The summed E-state index contributed by atoms with van der Waals surface area (Å²) in [5.74, 6) is 0.859. The van der Waals surface area contributed by atoms with Gasteiger partial charge < -0.3 is 15.3 Å². The van der Waals surface area contributed by atoms with E-state index in [1.807, 2.05) is 14.1 Å². The molecule has 1 heterocycles. The number of likely N-dealkylation sites (N-methyl/N-ethyl adjacent to an activating group) is 1. The van der Waals surface area contributed by atoms with E-state index in [1.165, 1.54) is 0 Å². The van der Waals surface area contributed by atoms with Gasteiger partial charge in [-0.05, 0) is 38.1 Å². The van der Waals surface area contributed by atoms with Crippen molar-refractivity contribution in [3.8, 4) is 0 Å². The number of nitrogens with one attached hydrogen (secondary N) is 1. The van der Waals surface area contributed by atoms with Crippen molar-refractivity contribution in [3.63, 3.8) is 0 Å². The second-order valence-corrected chi connectivity index (χ2v) is 6.24. The van der Waals surface area contributed by atoms with Gasteiger partial charge in [0.2, 0.25) is 5.91 Å².